The number of hydrogen-bond donors (Lipinski definition) is 2. The van der Waals surface area contributed by atoms with Crippen LogP contribution in [0.2, 0.25) is 0 Å². The normalized spacial score (nSPS) is 10.6. The first kappa shape index (κ1) is 18.8. The zero-order valence-corrected chi connectivity index (χ0v) is 15.5. The molecule has 1 aromatic heterocycles. The van der Waals surface area contributed by atoms with Gasteiger partial charge in [0.2, 0.25) is 5.91 Å². The number of anilines is 1. The second kappa shape index (κ2) is 8.64. The van der Waals surface area contributed by atoms with E-state index in [1.807, 2.05) is 25.1 Å². The number of nitrogens with one attached hydrogen (secondary N) is 2. The van der Waals surface area contributed by atoms with Crippen molar-refractivity contribution in [3.8, 4) is 0 Å². The SMILES string of the molecule is Cc1cccc(NC(=O)Cc2cc(=O)[nH]c(SCc3ccccc3F)n2)c1. The fourth-order valence-corrected chi connectivity index (χ4v) is 3.38. The molecule has 3 aromatic rings. The molecule has 0 saturated heterocycles. The highest BCUT2D eigenvalue weighted by Crippen LogP contribution is 2.20. The maximum atomic E-state index is 13.7. The van der Waals surface area contributed by atoms with Gasteiger partial charge in [-0.2, -0.15) is 0 Å². The number of nitrogens with zero attached hydrogens (tertiary/aromatic N) is 1. The van der Waals surface area contributed by atoms with E-state index in [1.54, 1.807) is 24.3 Å². The summed E-state index contributed by atoms with van der Waals surface area (Å²) >= 11 is 1.21. The zero-order valence-electron chi connectivity index (χ0n) is 14.7. The first-order valence-electron chi connectivity index (χ1n) is 8.32. The smallest absolute Gasteiger partial charge is 0.251 e. The van der Waals surface area contributed by atoms with Crippen molar-refractivity contribution in [3.05, 3.63) is 87.6 Å². The van der Waals surface area contributed by atoms with Gasteiger partial charge in [-0.25, -0.2) is 9.37 Å². The van der Waals surface area contributed by atoms with E-state index in [-0.39, 0.29) is 23.7 Å². The molecule has 0 bridgehead atoms. The van der Waals surface area contributed by atoms with Gasteiger partial charge < -0.3 is 10.3 Å². The Bertz CT molecular complexity index is 1020. The number of halogens is 1. The summed E-state index contributed by atoms with van der Waals surface area (Å²) in [4.78, 5) is 31.0. The highest BCUT2D eigenvalue weighted by molar-refractivity contribution is 7.98. The largest absolute Gasteiger partial charge is 0.326 e. The van der Waals surface area contributed by atoms with Gasteiger partial charge in [-0.1, -0.05) is 42.1 Å². The van der Waals surface area contributed by atoms with Crippen molar-refractivity contribution >= 4 is 23.4 Å². The highest BCUT2D eigenvalue weighted by atomic mass is 32.2. The van der Waals surface area contributed by atoms with Crippen LogP contribution in [0.3, 0.4) is 0 Å². The summed E-state index contributed by atoms with van der Waals surface area (Å²) in [6, 6.07) is 15.2. The summed E-state index contributed by atoms with van der Waals surface area (Å²) in [5, 5.41) is 3.14. The summed E-state index contributed by atoms with van der Waals surface area (Å²) < 4.78 is 13.7. The number of thioether (sulfide) groups is 1. The van der Waals surface area contributed by atoms with Crippen LogP contribution in [0.4, 0.5) is 10.1 Å². The predicted molar refractivity (Wildman–Crippen MR) is 104 cm³/mol. The third-order valence-corrected chi connectivity index (χ3v) is 4.66. The molecule has 1 heterocycles. The van der Waals surface area contributed by atoms with Crippen molar-refractivity contribution in [3.63, 3.8) is 0 Å². The lowest BCUT2D eigenvalue weighted by Gasteiger charge is -2.07. The molecule has 7 heteroatoms. The van der Waals surface area contributed by atoms with Crippen LogP contribution in [0.25, 0.3) is 0 Å². The van der Waals surface area contributed by atoms with Crippen molar-refractivity contribution < 1.29 is 9.18 Å². The van der Waals surface area contributed by atoms with Crippen LogP contribution in [-0.4, -0.2) is 15.9 Å². The molecule has 0 atom stereocenters. The van der Waals surface area contributed by atoms with Gasteiger partial charge in [-0.05, 0) is 36.2 Å². The average Bonchev–Trinajstić information content (AvgIpc) is 2.60. The molecule has 0 aliphatic carbocycles. The van der Waals surface area contributed by atoms with Crippen LogP contribution in [-0.2, 0) is 17.0 Å². The number of hydrogen-bond acceptors (Lipinski definition) is 4. The van der Waals surface area contributed by atoms with Gasteiger partial charge >= 0.3 is 0 Å². The third-order valence-electron chi connectivity index (χ3n) is 3.74. The molecule has 0 spiro atoms. The molecule has 5 nitrogen and oxygen atoms in total. The molecule has 1 amide bonds. The van der Waals surface area contributed by atoms with Gasteiger partial charge in [0.25, 0.3) is 5.56 Å². The second-order valence-corrected chi connectivity index (χ2v) is 6.98. The molecule has 0 unspecified atom stereocenters. The molecule has 0 saturated carbocycles. The van der Waals surface area contributed by atoms with Crippen molar-refractivity contribution in [1.29, 1.82) is 0 Å². The summed E-state index contributed by atoms with van der Waals surface area (Å²) in [6.45, 7) is 1.94. The maximum Gasteiger partial charge on any atom is 0.251 e. The van der Waals surface area contributed by atoms with E-state index < -0.39 is 0 Å². The van der Waals surface area contributed by atoms with E-state index in [0.717, 1.165) is 5.56 Å². The Kier molecular flexibility index (Phi) is 6.03. The Hall–Kier alpha value is -2.93. The Balaban J connectivity index is 1.67. The molecular formula is C20H18FN3O2S. The molecule has 0 radical (unpaired) electrons. The predicted octanol–water partition coefficient (Wildman–Crippen LogP) is 3.69. The lowest BCUT2D eigenvalue weighted by molar-refractivity contribution is -0.115. The first-order chi connectivity index (χ1) is 13.0. The average molecular weight is 383 g/mol. The lowest BCUT2D eigenvalue weighted by Crippen LogP contribution is -2.18. The van der Waals surface area contributed by atoms with Crippen LogP contribution in [0, 0.1) is 12.7 Å². The van der Waals surface area contributed by atoms with E-state index in [9.17, 15) is 14.0 Å². The van der Waals surface area contributed by atoms with E-state index in [2.05, 4.69) is 15.3 Å². The molecule has 0 aliphatic heterocycles. The monoisotopic (exact) mass is 383 g/mol. The number of aryl methyl sites for hydroxylation is 1. The van der Waals surface area contributed by atoms with Crippen molar-refractivity contribution in [1.82, 2.24) is 9.97 Å². The minimum atomic E-state index is -0.348. The second-order valence-electron chi connectivity index (χ2n) is 6.02. The molecule has 2 N–H and O–H groups in total. The van der Waals surface area contributed by atoms with E-state index in [0.29, 0.717) is 27.9 Å². The molecular weight excluding hydrogens is 365 g/mol. The van der Waals surface area contributed by atoms with Gasteiger partial charge in [0.15, 0.2) is 5.16 Å². The van der Waals surface area contributed by atoms with Crippen LogP contribution in [0.15, 0.2) is 64.5 Å². The minimum absolute atomic E-state index is 0.0227. The molecule has 0 fully saturated rings. The number of H-pyrrole nitrogens is 1. The van der Waals surface area contributed by atoms with Crippen LogP contribution in [0.5, 0.6) is 0 Å². The Labute approximate surface area is 160 Å². The van der Waals surface area contributed by atoms with E-state index in [4.69, 9.17) is 0 Å². The van der Waals surface area contributed by atoms with Gasteiger partial charge in [-0.15, -0.1) is 0 Å². The van der Waals surface area contributed by atoms with Crippen LogP contribution < -0.4 is 10.9 Å². The van der Waals surface area contributed by atoms with Gasteiger partial charge in [0.1, 0.15) is 5.82 Å². The van der Waals surface area contributed by atoms with Crippen LogP contribution >= 0.6 is 11.8 Å². The standard InChI is InChI=1S/C20H18FN3O2S/c1-13-5-4-7-15(9-13)22-18(25)10-16-11-19(26)24-20(23-16)27-12-14-6-2-3-8-17(14)21/h2-9,11H,10,12H2,1H3,(H,22,25)(H,23,24,26). The first-order valence-corrected chi connectivity index (χ1v) is 9.31. The van der Waals surface area contributed by atoms with Gasteiger partial charge in [0, 0.05) is 17.5 Å². The Morgan fingerprint density at radius 2 is 2.00 bits per heavy atom. The molecule has 0 aliphatic rings. The number of aromatic nitrogens is 2. The van der Waals surface area contributed by atoms with Crippen LogP contribution in [0.1, 0.15) is 16.8 Å². The minimum Gasteiger partial charge on any atom is -0.326 e. The fraction of sp³-hybridized carbons (Fsp3) is 0.150. The molecule has 2 aromatic carbocycles. The molecule has 138 valence electrons. The number of benzene rings is 2. The Morgan fingerprint density at radius 3 is 2.78 bits per heavy atom. The van der Waals surface area contributed by atoms with Gasteiger partial charge in [0.05, 0.1) is 12.1 Å². The number of rotatable bonds is 6. The number of aromatic amines is 1. The topological polar surface area (TPSA) is 74.8 Å². The van der Waals surface area contributed by atoms with E-state index >= 15 is 0 Å². The van der Waals surface area contributed by atoms with Crippen molar-refractivity contribution in [2.24, 2.45) is 0 Å². The Morgan fingerprint density at radius 1 is 1.19 bits per heavy atom. The summed E-state index contributed by atoms with van der Waals surface area (Å²) in [5.74, 6) is -0.237. The van der Waals surface area contributed by atoms with E-state index in [1.165, 1.54) is 23.9 Å². The van der Waals surface area contributed by atoms with Gasteiger partial charge in [-0.3, -0.25) is 9.59 Å². The summed E-state index contributed by atoms with van der Waals surface area (Å²) in [6.07, 6.45) is -0.0227. The highest BCUT2D eigenvalue weighted by Gasteiger charge is 2.09. The lowest BCUT2D eigenvalue weighted by atomic mass is 10.2. The van der Waals surface area contributed by atoms with Crippen molar-refractivity contribution in [2.75, 3.05) is 5.32 Å². The molecule has 3 rings (SSSR count). The molecule has 27 heavy (non-hydrogen) atoms. The number of carbonyl (C=O) groups is 1. The quantitative estimate of drug-likeness (QED) is 0.503. The number of carbonyl (C=O) groups excluding carboxylic acids is 1. The fourth-order valence-electron chi connectivity index (χ4n) is 2.50. The zero-order chi connectivity index (χ0) is 19.2. The third kappa shape index (κ3) is 5.52. The number of amides is 1. The maximum absolute atomic E-state index is 13.7. The summed E-state index contributed by atoms with van der Waals surface area (Å²) in [5.41, 5.74) is 2.26. The van der Waals surface area contributed by atoms with Crippen molar-refractivity contribution in [2.45, 2.75) is 24.3 Å². The summed E-state index contributed by atoms with van der Waals surface area (Å²) in [7, 11) is 0.